The molecule has 0 fully saturated rings. The lowest BCUT2D eigenvalue weighted by Crippen LogP contribution is -2.00. The minimum atomic E-state index is 0.585. The van der Waals surface area contributed by atoms with Gasteiger partial charge in [-0.2, -0.15) is 0 Å². The van der Waals surface area contributed by atoms with Gasteiger partial charge in [0.1, 0.15) is 11.2 Å². The molecule has 0 spiro atoms. The van der Waals surface area contributed by atoms with Crippen molar-refractivity contribution >= 4 is 75.0 Å². The van der Waals surface area contributed by atoms with Gasteiger partial charge in [0.2, 0.25) is 0 Å². The van der Waals surface area contributed by atoms with Gasteiger partial charge in [-0.05, 0) is 34.4 Å². The van der Waals surface area contributed by atoms with Gasteiger partial charge in [0.05, 0.1) is 5.56 Å². The van der Waals surface area contributed by atoms with E-state index in [-0.39, 0.29) is 0 Å². The molecule has 46 heavy (non-hydrogen) atoms. The van der Waals surface area contributed by atoms with Crippen LogP contribution in [-0.4, -0.2) is 15.0 Å². The fourth-order valence-electron chi connectivity index (χ4n) is 6.81. The first kappa shape index (κ1) is 25.4. The van der Waals surface area contributed by atoms with Crippen LogP contribution in [0.2, 0.25) is 0 Å². The third kappa shape index (κ3) is 3.76. The van der Waals surface area contributed by atoms with Gasteiger partial charge in [0.25, 0.3) is 0 Å². The fraction of sp³-hybridized carbons (Fsp3) is 0. The van der Waals surface area contributed by atoms with Gasteiger partial charge in [-0.3, -0.25) is 0 Å². The van der Waals surface area contributed by atoms with Crippen molar-refractivity contribution < 1.29 is 4.42 Å². The highest BCUT2D eigenvalue weighted by atomic mass is 32.1. The molecule has 0 unspecified atom stereocenters. The highest BCUT2D eigenvalue weighted by Gasteiger charge is 2.20. The molecule has 0 saturated carbocycles. The van der Waals surface area contributed by atoms with E-state index in [4.69, 9.17) is 19.4 Å². The maximum absolute atomic E-state index is 6.42. The molecule has 5 heteroatoms. The zero-order valence-corrected chi connectivity index (χ0v) is 25.3. The summed E-state index contributed by atoms with van der Waals surface area (Å²) in [6.45, 7) is 0. The van der Waals surface area contributed by atoms with Crippen LogP contribution in [0.4, 0.5) is 0 Å². The van der Waals surface area contributed by atoms with Crippen LogP contribution in [0, 0.1) is 0 Å². The Bertz CT molecular complexity index is 2820. The van der Waals surface area contributed by atoms with Crippen molar-refractivity contribution in [3.8, 4) is 34.2 Å². The van der Waals surface area contributed by atoms with Crippen LogP contribution in [0.1, 0.15) is 0 Å². The topological polar surface area (TPSA) is 51.8 Å². The second-order valence-corrected chi connectivity index (χ2v) is 12.6. The second-order valence-electron chi connectivity index (χ2n) is 11.6. The minimum absolute atomic E-state index is 0.585. The monoisotopic (exact) mass is 605 g/mol. The number of rotatable bonds is 3. The lowest BCUT2D eigenvalue weighted by Gasteiger charge is -2.10. The summed E-state index contributed by atoms with van der Waals surface area (Å²) < 4.78 is 8.91. The van der Waals surface area contributed by atoms with Crippen molar-refractivity contribution in [1.82, 2.24) is 15.0 Å². The highest BCUT2D eigenvalue weighted by molar-refractivity contribution is 7.27. The third-order valence-corrected chi connectivity index (χ3v) is 10.1. The summed E-state index contributed by atoms with van der Waals surface area (Å²) in [4.78, 5) is 15.4. The Morgan fingerprint density at radius 2 is 1.11 bits per heavy atom. The van der Waals surface area contributed by atoms with E-state index >= 15 is 0 Å². The van der Waals surface area contributed by atoms with Gasteiger partial charge in [-0.15, -0.1) is 11.3 Å². The predicted molar refractivity (Wildman–Crippen MR) is 191 cm³/mol. The van der Waals surface area contributed by atoms with E-state index in [1.165, 1.54) is 36.3 Å². The standard InChI is InChI=1S/C41H23N3OS/c1-2-11-26(12-3-1)39-42-40(44-41(43-39)32-17-8-15-29-28-14-6-7-18-33(28)45-37(29)32)31-16-9-19-34-36(31)30-23-22-25-21-20-24-10-4-5-13-27(24)35(25)38(30)46-34/h1-23H. The Kier molecular flexibility index (Phi) is 5.41. The number of aromatic nitrogens is 3. The molecule has 3 aromatic heterocycles. The van der Waals surface area contributed by atoms with Gasteiger partial charge in [0.15, 0.2) is 17.5 Å². The Morgan fingerprint density at radius 3 is 2.02 bits per heavy atom. The van der Waals surface area contributed by atoms with Crippen molar-refractivity contribution in [3.63, 3.8) is 0 Å². The van der Waals surface area contributed by atoms with Crippen LogP contribution in [0.15, 0.2) is 144 Å². The molecule has 10 rings (SSSR count). The van der Waals surface area contributed by atoms with E-state index in [0.717, 1.165) is 44.0 Å². The number of benzene rings is 7. The normalized spacial score (nSPS) is 11.9. The fourth-order valence-corrected chi connectivity index (χ4v) is 8.11. The van der Waals surface area contributed by atoms with Gasteiger partial charge < -0.3 is 4.42 Å². The molecule has 7 aromatic carbocycles. The summed E-state index contributed by atoms with van der Waals surface area (Å²) in [5.41, 5.74) is 4.38. The zero-order valence-electron chi connectivity index (χ0n) is 24.4. The van der Waals surface area contributed by atoms with E-state index in [1.54, 1.807) is 0 Å². The molecule has 0 aliphatic rings. The van der Waals surface area contributed by atoms with Crippen LogP contribution in [-0.2, 0) is 0 Å². The number of thiophene rings is 1. The Labute approximate surface area is 267 Å². The smallest absolute Gasteiger partial charge is 0.167 e. The van der Waals surface area contributed by atoms with Crippen LogP contribution in [0.5, 0.6) is 0 Å². The molecule has 3 heterocycles. The molecule has 0 bridgehead atoms. The first-order valence-electron chi connectivity index (χ1n) is 15.3. The molecule has 0 N–H and O–H groups in total. The molecule has 4 nitrogen and oxygen atoms in total. The molecule has 0 saturated heterocycles. The number of hydrogen-bond acceptors (Lipinski definition) is 5. The largest absolute Gasteiger partial charge is 0.455 e. The predicted octanol–water partition coefficient (Wildman–Crippen LogP) is 11.4. The summed E-state index contributed by atoms with van der Waals surface area (Å²) in [5.74, 6) is 1.85. The van der Waals surface area contributed by atoms with Crippen molar-refractivity contribution in [2.24, 2.45) is 0 Å². The molecule has 0 amide bonds. The summed E-state index contributed by atoms with van der Waals surface area (Å²) in [7, 11) is 0. The van der Waals surface area contributed by atoms with Gasteiger partial charge in [0, 0.05) is 47.5 Å². The van der Waals surface area contributed by atoms with Crippen molar-refractivity contribution in [3.05, 3.63) is 140 Å². The van der Waals surface area contributed by atoms with Crippen molar-refractivity contribution in [2.75, 3.05) is 0 Å². The number of furan rings is 1. The molecular formula is C41H23N3OS. The summed E-state index contributed by atoms with van der Waals surface area (Å²) in [6.07, 6.45) is 0. The molecule has 214 valence electrons. The van der Waals surface area contributed by atoms with E-state index in [1.807, 2.05) is 72.0 Å². The van der Waals surface area contributed by atoms with Crippen molar-refractivity contribution in [1.29, 1.82) is 0 Å². The van der Waals surface area contributed by atoms with Gasteiger partial charge >= 0.3 is 0 Å². The van der Waals surface area contributed by atoms with E-state index in [2.05, 4.69) is 78.9 Å². The SMILES string of the molecule is c1ccc(-c2nc(-c3cccc4c3oc3ccccc34)nc(-c3cccc4sc5c(ccc6ccc7ccccc7c65)c34)n2)cc1. The molecule has 0 aliphatic carbocycles. The summed E-state index contributed by atoms with van der Waals surface area (Å²) in [6, 6.07) is 48.5. The molecular weight excluding hydrogens is 583 g/mol. The highest BCUT2D eigenvalue weighted by Crippen LogP contribution is 2.44. The summed E-state index contributed by atoms with van der Waals surface area (Å²) in [5, 5.41) is 9.54. The zero-order chi connectivity index (χ0) is 30.2. The first-order valence-corrected chi connectivity index (χ1v) is 16.1. The average molecular weight is 606 g/mol. The molecule has 0 radical (unpaired) electrons. The maximum atomic E-state index is 6.42. The van der Waals surface area contributed by atoms with Crippen LogP contribution in [0.25, 0.3) is 97.8 Å². The Hall–Kier alpha value is -5.91. The average Bonchev–Trinajstić information content (AvgIpc) is 3.70. The number of nitrogens with zero attached hydrogens (tertiary/aromatic N) is 3. The van der Waals surface area contributed by atoms with Gasteiger partial charge in [-0.25, -0.2) is 15.0 Å². The maximum Gasteiger partial charge on any atom is 0.167 e. The summed E-state index contributed by atoms with van der Waals surface area (Å²) >= 11 is 1.83. The van der Waals surface area contributed by atoms with Crippen LogP contribution in [0.3, 0.4) is 0 Å². The molecule has 0 atom stereocenters. The minimum Gasteiger partial charge on any atom is -0.455 e. The quantitative estimate of drug-likeness (QED) is 0.188. The van der Waals surface area contributed by atoms with Crippen LogP contribution < -0.4 is 0 Å². The molecule has 0 aliphatic heterocycles. The van der Waals surface area contributed by atoms with Crippen molar-refractivity contribution in [2.45, 2.75) is 0 Å². The second kappa shape index (κ2) is 9.80. The van der Waals surface area contributed by atoms with E-state index in [9.17, 15) is 0 Å². The number of hydrogen-bond donors (Lipinski definition) is 0. The third-order valence-electron chi connectivity index (χ3n) is 8.92. The van der Waals surface area contributed by atoms with Gasteiger partial charge in [-0.1, -0.05) is 121 Å². The molecule has 10 aromatic rings. The van der Waals surface area contributed by atoms with E-state index < -0.39 is 0 Å². The number of fused-ring (bicyclic) bond motifs is 10. The van der Waals surface area contributed by atoms with E-state index in [0.29, 0.717) is 17.5 Å². The first-order chi connectivity index (χ1) is 22.8. The Balaban J connectivity index is 1.28. The lowest BCUT2D eigenvalue weighted by molar-refractivity contribution is 0.669. The van der Waals surface area contributed by atoms with Crippen LogP contribution >= 0.6 is 11.3 Å². The Morgan fingerprint density at radius 1 is 0.435 bits per heavy atom. The lowest BCUT2D eigenvalue weighted by atomic mass is 9.98. The number of para-hydroxylation sites is 2.